The zero-order chi connectivity index (χ0) is 12.7. The number of ether oxygens (including phenoxy) is 1. The number of rotatable bonds is 7. The molecule has 0 saturated carbocycles. The Kier molecular flexibility index (Phi) is 6.34. The van der Waals surface area contributed by atoms with Crippen LogP contribution in [0.25, 0.3) is 0 Å². The van der Waals surface area contributed by atoms with E-state index in [1.54, 1.807) is 7.11 Å². The van der Waals surface area contributed by atoms with E-state index in [0.717, 1.165) is 36.0 Å². The SMILES string of the molecule is COc1ccc(CNCCNC(C)C)c(Cl)c1. The van der Waals surface area contributed by atoms with Crippen LogP contribution in [0.4, 0.5) is 0 Å². The number of benzene rings is 1. The third-order valence-electron chi connectivity index (χ3n) is 2.43. The molecule has 0 saturated heterocycles. The molecule has 0 aliphatic rings. The van der Waals surface area contributed by atoms with Crippen LogP contribution >= 0.6 is 11.6 Å². The van der Waals surface area contributed by atoms with E-state index < -0.39 is 0 Å². The van der Waals surface area contributed by atoms with Crippen molar-refractivity contribution in [2.75, 3.05) is 20.2 Å². The fourth-order valence-electron chi connectivity index (χ4n) is 1.47. The fraction of sp³-hybridized carbons (Fsp3) is 0.538. The standard InChI is InChI=1S/C13H21ClN2O/c1-10(2)16-7-6-15-9-11-4-5-12(17-3)8-13(11)14/h4-5,8,10,15-16H,6-7,9H2,1-3H3. The van der Waals surface area contributed by atoms with Crippen LogP contribution in [-0.4, -0.2) is 26.2 Å². The summed E-state index contributed by atoms with van der Waals surface area (Å²) in [6, 6.07) is 6.28. The Morgan fingerprint density at radius 1 is 1.29 bits per heavy atom. The Labute approximate surface area is 109 Å². The van der Waals surface area contributed by atoms with E-state index in [-0.39, 0.29) is 0 Å². The lowest BCUT2D eigenvalue weighted by atomic mass is 10.2. The molecule has 0 radical (unpaired) electrons. The van der Waals surface area contributed by atoms with E-state index in [2.05, 4.69) is 24.5 Å². The first kappa shape index (κ1) is 14.3. The summed E-state index contributed by atoms with van der Waals surface area (Å²) in [5.74, 6) is 0.792. The van der Waals surface area contributed by atoms with Crippen molar-refractivity contribution in [2.45, 2.75) is 26.4 Å². The molecule has 0 spiro atoms. The maximum atomic E-state index is 6.14. The predicted octanol–water partition coefficient (Wildman–Crippen LogP) is 2.44. The van der Waals surface area contributed by atoms with Gasteiger partial charge >= 0.3 is 0 Å². The van der Waals surface area contributed by atoms with Crippen LogP contribution in [0.2, 0.25) is 5.02 Å². The molecule has 0 atom stereocenters. The minimum Gasteiger partial charge on any atom is -0.497 e. The van der Waals surface area contributed by atoms with Crippen LogP contribution in [-0.2, 0) is 6.54 Å². The summed E-state index contributed by atoms with van der Waals surface area (Å²) in [6.45, 7) is 6.95. The maximum Gasteiger partial charge on any atom is 0.120 e. The highest BCUT2D eigenvalue weighted by Gasteiger charge is 2.01. The third-order valence-corrected chi connectivity index (χ3v) is 2.78. The monoisotopic (exact) mass is 256 g/mol. The second kappa shape index (κ2) is 7.54. The second-order valence-corrected chi connectivity index (χ2v) is 4.65. The van der Waals surface area contributed by atoms with Gasteiger partial charge in [0.15, 0.2) is 0 Å². The molecule has 1 aromatic carbocycles. The van der Waals surface area contributed by atoms with E-state index in [9.17, 15) is 0 Å². The molecule has 17 heavy (non-hydrogen) atoms. The molecule has 1 aromatic rings. The number of halogens is 1. The van der Waals surface area contributed by atoms with Crippen LogP contribution in [0.15, 0.2) is 18.2 Å². The summed E-state index contributed by atoms with van der Waals surface area (Å²) in [7, 11) is 1.64. The van der Waals surface area contributed by atoms with Crippen molar-refractivity contribution in [3.05, 3.63) is 28.8 Å². The molecule has 0 aliphatic heterocycles. The van der Waals surface area contributed by atoms with Gasteiger partial charge in [0.2, 0.25) is 0 Å². The smallest absolute Gasteiger partial charge is 0.120 e. The molecule has 0 heterocycles. The van der Waals surface area contributed by atoms with Gasteiger partial charge in [0, 0.05) is 30.7 Å². The van der Waals surface area contributed by atoms with Crippen molar-refractivity contribution in [2.24, 2.45) is 0 Å². The third kappa shape index (κ3) is 5.39. The first-order chi connectivity index (χ1) is 8.13. The average Bonchev–Trinajstić information content (AvgIpc) is 2.30. The number of methoxy groups -OCH3 is 1. The Hall–Kier alpha value is -0.770. The minimum atomic E-state index is 0.529. The van der Waals surface area contributed by atoms with Gasteiger partial charge in [0.1, 0.15) is 5.75 Å². The predicted molar refractivity (Wildman–Crippen MR) is 72.8 cm³/mol. The van der Waals surface area contributed by atoms with E-state index in [4.69, 9.17) is 16.3 Å². The highest BCUT2D eigenvalue weighted by molar-refractivity contribution is 6.31. The lowest BCUT2D eigenvalue weighted by molar-refractivity contribution is 0.414. The van der Waals surface area contributed by atoms with E-state index in [1.807, 2.05) is 18.2 Å². The molecule has 1 rings (SSSR count). The van der Waals surface area contributed by atoms with Crippen LogP contribution in [0.3, 0.4) is 0 Å². The van der Waals surface area contributed by atoms with Crippen LogP contribution in [0.1, 0.15) is 19.4 Å². The van der Waals surface area contributed by atoms with Crippen LogP contribution in [0, 0.1) is 0 Å². The van der Waals surface area contributed by atoms with Gasteiger partial charge in [0.05, 0.1) is 7.11 Å². The summed E-state index contributed by atoms with van der Waals surface area (Å²) in [4.78, 5) is 0. The molecule has 0 unspecified atom stereocenters. The van der Waals surface area contributed by atoms with Gasteiger partial charge in [-0.15, -0.1) is 0 Å². The summed E-state index contributed by atoms with van der Waals surface area (Å²) < 4.78 is 5.10. The molecule has 96 valence electrons. The van der Waals surface area contributed by atoms with Crippen molar-refractivity contribution < 1.29 is 4.74 Å². The lowest BCUT2D eigenvalue weighted by Crippen LogP contribution is -2.31. The Balaban J connectivity index is 2.32. The first-order valence-corrected chi connectivity index (χ1v) is 6.27. The molecule has 4 heteroatoms. The van der Waals surface area contributed by atoms with E-state index >= 15 is 0 Å². The lowest BCUT2D eigenvalue weighted by Gasteiger charge is -2.10. The Morgan fingerprint density at radius 2 is 2.06 bits per heavy atom. The normalized spacial score (nSPS) is 10.9. The number of hydrogen-bond donors (Lipinski definition) is 2. The van der Waals surface area contributed by atoms with Crippen molar-refractivity contribution in [3.63, 3.8) is 0 Å². The summed E-state index contributed by atoms with van der Waals surface area (Å²) in [5, 5.41) is 7.44. The zero-order valence-electron chi connectivity index (χ0n) is 10.7. The van der Waals surface area contributed by atoms with Gasteiger partial charge in [-0.3, -0.25) is 0 Å². The Morgan fingerprint density at radius 3 is 2.65 bits per heavy atom. The molecule has 0 amide bonds. The maximum absolute atomic E-state index is 6.14. The highest BCUT2D eigenvalue weighted by Crippen LogP contribution is 2.21. The first-order valence-electron chi connectivity index (χ1n) is 5.90. The van der Waals surface area contributed by atoms with E-state index in [0.29, 0.717) is 6.04 Å². The fourth-order valence-corrected chi connectivity index (χ4v) is 1.71. The van der Waals surface area contributed by atoms with Crippen molar-refractivity contribution in [1.29, 1.82) is 0 Å². The molecule has 0 fully saturated rings. The number of nitrogens with one attached hydrogen (secondary N) is 2. The van der Waals surface area contributed by atoms with Gasteiger partial charge in [-0.25, -0.2) is 0 Å². The van der Waals surface area contributed by atoms with Crippen molar-refractivity contribution in [3.8, 4) is 5.75 Å². The molecular weight excluding hydrogens is 236 g/mol. The minimum absolute atomic E-state index is 0.529. The van der Waals surface area contributed by atoms with E-state index in [1.165, 1.54) is 0 Å². The van der Waals surface area contributed by atoms with Gasteiger partial charge in [0.25, 0.3) is 0 Å². The van der Waals surface area contributed by atoms with Crippen molar-refractivity contribution >= 4 is 11.6 Å². The highest BCUT2D eigenvalue weighted by atomic mass is 35.5. The van der Waals surface area contributed by atoms with Gasteiger partial charge in [-0.1, -0.05) is 31.5 Å². The van der Waals surface area contributed by atoms with Crippen LogP contribution < -0.4 is 15.4 Å². The van der Waals surface area contributed by atoms with Gasteiger partial charge < -0.3 is 15.4 Å². The van der Waals surface area contributed by atoms with Gasteiger partial charge in [-0.05, 0) is 17.7 Å². The molecule has 0 bridgehead atoms. The molecular formula is C13H21ClN2O. The van der Waals surface area contributed by atoms with Crippen molar-refractivity contribution in [1.82, 2.24) is 10.6 Å². The largest absolute Gasteiger partial charge is 0.497 e. The Bertz CT molecular complexity index is 342. The zero-order valence-corrected chi connectivity index (χ0v) is 11.5. The van der Waals surface area contributed by atoms with Crippen LogP contribution in [0.5, 0.6) is 5.75 Å². The number of hydrogen-bond acceptors (Lipinski definition) is 3. The molecule has 2 N–H and O–H groups in total. The summed E-state index contributed by atoms with van der Waals surface area (Å²) in [5.41, 5.74) is 1.09. The molecule has 0 aliphatic carbocycles. The molecule has 0 aromatic heterocycles. The summed E-state index contributed by atoms with van der Waals surface area (Å²) in [6.07, 6.45) is 0. The topological polar surface area (TPSA) is 33.3 Å². The average molecular weight is 257 g/mol. The summed E-state index contributed by atoms with van der Waals surface area (Å²) >= 11 is 6.14. The van der Waals surface area contributed by atoms with Gasteiger partial charge in [-0.2, -0.15) is 0 Å². The molecule has 3 nitrogen and oxygen atoms in total. The quantitative estimate of drug-likeness (QED) is 0.736. The second-order valence-electron chi connectivity index (χ2n) is 4.24.